The second kappa shape index (κ2) is 4.21. The second-order valence-corrected chi connectivity index (χ2v) is 5.01. The van der Waals surface area contributed by atoms with Gasteiger partial charge in [-0.25, -0.2) is 4.90 Å². The van der Waals surface area contributed by atoms with E-state index < -0.39 is 11.3 Å². The van der Waals surface area contributed by atoms with E-state index in [0.717, 1.165) is 4.90 Å². The highest BCUT2D eigenvalue weighted by Gasteiger charge is 2.52. The van der Waals surface area contributed by atoms with Gasteiger partial charge in [0.25, 0.3) is 0 Å². The van der Waals surface area contributed by atoms with Crippen LogP contribution in [0.25, 0.3) is 0 Å². The summed E-state index contributed by atoms with van der Waals surface area (Å²) in [5.41, 5.74) is -0.679. The zero-order valence-corrected chi connectivity index (χ0v) is 10.8. The van der Waals surface area contributed by atoms with Gasteiger partial charge in [0.05, 0.1) is 11.3 Å². The van der Waals surface area contributed by atoms with Crippen LogP contribution in [-0.4, -0.2) is 35.7 Å². The van der Waals surface area contributed by atoms with Crippen LogP contribution in [-0.2, 0) is 9.59 Å². The maximum Gasteiger partial charge on any atom is 0.240 e. The molecule has 92 valence electrons. The number of allylic oxidation sites excluding steroid dienone is 1. The fraction of sp³-hybridized carbons (Fsp3) is 0.583. The number of hydrogen-bond acceptors (Lipinski definition) is 4. The van der Waals surface area contributed by atoms with Crippen LogP contribution in [0.1, 0.15) is 20.8 Å². The summed E-state index contributed by atoms with van der Waals surface area (Å²) in [6.45, 7) is 5.16. The van der Waals surface area contributed by atoms with Gasteiger partial charge in [0.2, 0.25) is 11.8 Å². The zero-order valence-electron chi connectivity index (χ0n) is 10.8. The first kappa shape index (κ1) is 13.2. The highest BCUT2D eigenvalue weighted by atomic mass is 16.2. The topological polar surface area (TPSA) is 64.4 Å². The number of rotatable bonds is 2. The number of carbonyl (C=O) groups excluding carboxylic acids is 2. The Bertz CT molecular complexity index is 430. The maximum atomic E-state index is 12.1. The van der Waals surface area contributed by atoms with Gasteiger partial charge in [-0.15, -0.1) is 0 Å². The largest absolute Gasteiger partial charge is 0.381 e. The van der Waals surface area contributed by atoms with Crippen molar-refractivity contribution in [2.24, 2.45) is 11.3 Å². The van der Waals surface area contributed by atoms with Gasteiger partial charge < -0.3 is 4.90 Å². The van der Waals surface area contributed by atoms with Crippen molar-refractivity contribution >= 4 is 11.8 Å². The summed E-state index contributed by atoms with van der Waals surface area (Å²) in [5.74, 6) is -1.03. The van der Waals surface area contributed by atoms with Crippen LogP contribution in [0.3, 0.4) is 0 Å². The first-order valence-electron chi connectivity index (χ1n) is 5.40. The summed E-state index contributed by atoms with van der Waals surface area (Å²) < 4.78 is 0. The van der Waals surface area contributed by atoms with Gasteiger partial charge in [-0.3, -0.25) is 9.59 Å². The molecule has 5 heteroatoms. The number of hydrogen-bond donors (Lipinski definition) is 0. The van der Waals surface area contributed by atoms with Crippen LogP contribution in [0.15, 0.2) is 11.9 Å². The van der Waals surface area contributed by atoms with Gasteiger partial charge >= 0.3 is 0 Å². The smallest absolute Gasteiger partial charge is 0.240 e. The quantitative estimate of drug-likeness (QED) is 0.528. The minimum atomic E-state index is -0.751. The van der Waals surface area contributed by atoms with Crippen molar-refractivity contribution in [1.29, 1.82) is 5.26 Å². The van der Waals surface area contributed by atoms with E-state index in [4.69, 9.17) is 5.26 Å². The third kappa shape index (κ3) is 2.03. The third-order valence-corrected chi connectivity index (χ3v) is 3.16. The molecule has 1 saturated heterocycles. The van der Waals surface area contributed by atoms with Crippen molar-refractivity contribution < 1.29 is 9.59 Å². The highest BCUT2D eigenvalue weighted by Crippen LogP contribution is 2.38. The van der Waals surface area contributed by atoms with Gasteiger partial charge in [-0.1, -0.05) is 20.8 Å². The lowest BCUT2D eigenvalue weighted by atomic mass is 9.82. The lowest BCUT2D eigenvalue weighted by Crippen LogP contribution is -2.32. The molecule has 1 fully saturated rings. The Hall–Kier alpha value is -1.83. The normalized spacial score (nSPS) is 23.9. The average molecular weight is 235 g/mol. The SMILES string of the molecule is CC1C(=O)N(/C(C#N)=C/N(C)C)C(=O)C1(C)C. The summed E-state index contributed by atoms with van der Waals surface area (Å²) in [4.78, 5) is 26.8. The van der Waals surface area contributed by atoms with E-state index in [0.29, 0.717) is 0 Å². The van der Waals surface area contributed by atoms with Gasteiger partial charge in [-0.05, 0) is 0 Å². The molecule has 0 bridgehead atoms. The van der Waals surface area contributed by atoms with Crippen molar-refractivity contribution in [2.75, 3.05) is 14.1 Å². The predicted octanol–water partition coefficient (Wildman–Crippen LogP) is 0.944. The van der Waals surface area contributed by atoms with E-state index >= 15 is 0 Å². The monoisotopic (exact) mass is 235 g/mol. The van der Waals surface area contributed by atoms with Gasteiger partial charge in [0, 0.05) is 20.3 Å². The molecule has 0 N–H and O–H groups in total. The fourth-order valence-electron chi connectivity index (χ4n) is 1.69. The van der Waals surface area contributed by atoms with Crippen molar-refractivity contribution in [2.45, 2.75) is 20.8 Å². The number of likely N-dealkylation sites (tertiary alicyclic amines) is 1. The molecule has 0 spiro atoms. The third-order valence-electron chi connectivity index (χ3n) is 3.16. The maximum absolute atomic E-state index is 12.1. The fourth-order valence-corrected chi connectivity index (χ4v) is 1.69. The molecule has 1 unspecified atom stereocenters. The molecule has 1 atom stereocenters. The Balaban J connectivity index is 3.21. The Kier molecular flexibility index (Phi) is 3.28. The van der Waals surface area contributed by atoms with Crippen LogP contribution >= 0.6 is 0 Å². The summed E-state index contributed by atoms with van der Waals surface area (Å²) >= 11 is 0. The standard InChI is InChI=1S/C12H17N3O2/c1-8-10(16)15(11(17)12(8,2)3)9(6-13)7-14(4)5/h7-8H,1-5H3/b9-7+. The molecule has 1 aliphatic rings. The number of imide groups is 1. The summed E-state index contributed by atoms with van der Waals surface area (Å²) in [6.07, 6.45) is 1.48. The van der Waals surface area contributed by atoms with E-state index in [2.05, 4.69) is 0 Å². The van der Waals surface area contributed by atoms with Crippen LogP contribution in [0.4, 0.5) is 0 Å². The van der Waals surface area contributed by atoms with Gasteiger partial charge in [0.1, 0.15) is 11.8 Å². The summed E-state index contributed by atoms with van der Waals surface area (Å²) in [7, 11) is 3.47. The zero-order chi connectivity index (χ0) is 13.4. The average Bonchev–Trinajstić information content (AvgIpc) is 2.38. The first-order chi connectivity index (χ1) is 7.73. The molecule has 0 aromatic carbocycles. The Labute approximate surface area is 101 Å². The molecule has 17 heavy (non-hydrogen) atoms. The van der Waals surface area contributed by atoms with Gasteiger partial charge in [0.15, 0.2) is 0 Å². The number of nitriles is 1. The van der Waals surface area contributed by atoms with Crippen molar-refractivity contribution in [3.8, 4) is 6.07 Å². The first-order valence-corrected chi connectivity index (χ1v) is 5.40. The molecule has 0 aromatic rings. The molecule has 0 saturated carbocycles. The molecular formula is C12H17N3O2. The summed E-state index contributed by atoms with van der Waals surface area (Å²) in [6, 6.07) is 1.90. The highest BCUT2D eigenvalue weighted by molar-refractivity contribution is 6.08. The predicted molar refractivity (Wildman–Crippen MR) is 62.2 cm³/mol. The Morgan fingerprint density at radius 1 is 1.47 bits per heavy atom. The van der Waals surface area contributed by atoms with Crippen LogP contribution < -0.4 is 0 Å². The summed E-state index contributed by atoms with van der Waals surface area (Å²) in [5, 5.41) is 9.04. The molecule has 1 aliphatic heterocycles. The molecule has 5 nitrogen and oxygen atoms in total. The molecular weight excluding hydrogens is 218 g/mol. The van der Waals surface area contributed by atoms with Crippen molar-refractivity contribution in [3.05, 3.63) is 11.9 Å². The number of nitrogens with zero attached hydrogens (tertiary/aromatic N) is 3. The van der Waals surface area contributed by atoms with Crippen LogP contribution in [0, 0.1) is 22.7 Å². The minimum absolute atomic E-state index is 0.0717. The molecule has 0 aromatic heterocycles. The number of amides is 2. The second-order valence-electron chi connectivity index (χ2n) is 5.01. The molecule has 1 rings (SSSR count). The molecule has 0 radical (unpaired) electrons. The van der Waals surface area contributed by atoms with Crippen LogP contribution in [0.2, 0.25) is 0 Å². The van der Waals surface area contributed by atoms with Crippen LogP contribution in [0.5, 0.6) is 0 Å². The van der Waals surface area contributed by atoms with E-state index in [1.165, 1.54) is 6.20 Å². The minimum Gasteiger partial charge on any atom is -0.381 e. The molecule has 1 heterocycles. The van der Waals surface area contributed by atoms with Crippen molar-refractivity contribution in [3.63, 3.8) is 0 Å². The van der Waals surface area contributed by atoms with E-state index in [-0.39, 0.29) is 17.5 Å². The number of carbonyl (C=O) groups is 2. The Morgan fingerprint density at radius 3 is 2.29 bits per heavy atom. The van der Waals surface area contributed by atoms with Gasteiger partial charge in [-0.2, -0.15) is 5.26 Å². The molecule has 2 amide bonds. The van der Waals surface area contributed by atoms with E-state index in [9.17, 15) is 9.59 Å². The van der Waals surface area contributed by atoms with E-state index in [1.807, 2.05) is 6.07 Å². The Morgan fingerprint density at radius 2 is 2.00 bits per heavy atom. The van der Waals surface area contributed by atoms with Crippen molar-refractivity contribution in [1.82, 2.24) is 9.80 Å². The molecule has 0 aliphatic carbocycles. The lowest BCUT2D eigenvalue weighted by Gasteiger charge is -2.18. The lowest BCUT2D eigenvalue weighted by molar-refractivity contribution is -0.138. The van der Waals surface area contributed by atoms with E-state index in [1.54, 1.807) is 39.8 Å².